The van der Waals surface area contributed by atoms with Crippen LogP contribution in [0.3, 0.4) is 0 Å². The Morgan fingerprint density at radius 2 is 2.19 bits per heavy atom. The van der Waals surface area contributed by atoms with Gasteiger partial charge in [-0.05, 0) is 12.8 Å². The quantitative estimate of drug-likeness (QED) is 0.733. The van der Waals surface area contributed by atoms with Crippen molar-refractivity contribution in [2.75, 3.05) is 13.2 Å². The molecule has 16 heavy (non-hydrogen) atoms. The largest absolute Gasteiger partial charge is 0.381 e. The summed E-state index contributed by atoms with van der Waals surface area (Å²) in [6.07, 6.45) is 3.94. The molecule has 2 aromatic rings. The second-order valence-electron chi connectivity index (χ2n) is 3.91. The molecule has 3 nitrogen and oxygen atoms in total. The van der Waals surface area contributed by atoms with E-state index in [0.29, 0.717) is 11.1 Å². The summed E-state index contributed by atoms with van der Waals surface area (Å²) < 4.78 is 6.47. The van der Waals surface area contributed by atoms with Gasteiger partial charge < -0.3 is 4.74 Å². The van der Waals surface area contributed by atoms with Gasteiger partial charge in [-0.2, -0.15) is 0 Å². The van der Waals surface area contributed by atoms with E-state index in [9.17, 15) is 0 Å². The van der Waals surface area contributed by atoms with E-state index in [4.69, 9.17) is 16.3 Å². The van der Waals surface area contributed by atoms with E-state index in [-0.39, 0.29) is 0 Å². The molecule has 0 saturated carbocycles. The molecule has 1 aliphatic heterocycles. The summed E-state index contributed by atoms with van der Waals surface area (Å²) >= 11 is 7.57. The van der Waals surface area contributed by atoms with Crippen molar-refractivity contribution in [1.82, 2.24) is 9.97 Å². The van der Waals surface area contributed by atoms with Crippen molar-refractivity contribution in [3.05, 3.63) is 22.4 Å². The van der Waals surface area contributed by atoms with Crippen molar-refractivity contribution in [2.24, 2.45) is 0 Å². The van der Waals surface area contributed by atoms with Crippen LogP contribution in [0.25, 0.3) is 10.2 Å². The summed E-state index contributed by atoms with van der Waals surface area (Å²) in [5.41, 5.74) is 0.964. The zero-order valence-corrected chi connectivity index (χ0v) is 10.2. The Bertz CT molecular complexity index is 508. The Labute approximate surface area is 102 Å². The minimum atomic E-state index is 0.510. The van der Waals surface area contributed by atoms with Gasteiger partial charge in [0.15, 0.2) is 0 Å². The first-order chi connectivity index (χ1) is 7.83. The van der Waals surface area contributed by atoms with Crippen LogP contribution in [0.4, 0.5) is 0 Å². The van der Waals surface area contributed by atoms with E-state index >= 15 is 0 Å². The topological polar surface area (TPSA) is 35.0 Å². The fourth-order valence-electron chi connectivity index (χ4n) is 1.95. The predicted octanol–water partition coefficient (Wildman–Crippen LogP) is 3.24. The summed E-state index contributed by atoms with van der Waals surface area (Å²) in [4.78, 5) is 8.71. The number of hydrogen-bond acceptors (Lipinski definition) is 4. The van der Waals surface area contributed by atoms with Gasteiger partial charge in [0, 0.05) is 31.4 Å². The molecule has 0 aromatic carbocycles. The summed E-state index contributed by atoms with van der Waals surface area (Å²) in [6, 6.07) is 1.83. The average Bonchev–Trinajstić information content (AvgIpc) is 2.73. The number of fused-ring (bicyclic) bond motifs is 1. The van der Waals surface area contributed by atoms with Crippen LogP contribution in [-0.4, -0.2) is 23.2 Å². The van der Waals surface area contributed by atoms with Crippen LogP contribution in [0.5, 0.6) is 0 Å². The highest BCUT2D eigenvalue weighted by molar-refractivity contribution is 7.18. The summed E-state index contributed by atoms with van der Waals surface area (Å²) in [6.45, 7) is 1.69. The van der Waals surface area contributed by atoms with Crippen molar-refractivity contribution in [1.29, 1.82) is 0 Å². The number of hydrogen-bond donors (Lipinski definition) is 0. The van der Waals surface area contributed by atoms with Gasteiger partial charge in [0.05, 0.1) is 15.2 Å². The third-order valence-electron chi connectivity index (χ3n) is 2.83. The lowest BCUT2D eigenvalue weighted by Crippen LogP contribution is -2.13. The number of thiazole rings is 1. The zero-order valence-electron chi connectivity index (χ0n) is 8.65. The number of pyridine rings is 1. The number of aromatic nitrogens is 2. The smallest absolute Gasteiger partial charge is 0.131 e. The highest BCUT2D eigenvalue weighted by Gasteiger charge is 2.19. The lowest BCUT2D eigenvalue weighted by molar-refractivity contribution is 0.0853. The molecule has 0 amide bonds. The SMILES string of the molecule is Clc1cc2nc(C3CCOCC3)sc2cn1. The first kappa shape index (κ1) is 10.4. The molecule has 2 aromatic heterocycles. The van der Waals surface area contributed by atoms with Crippen LogP contribution in [0.15, 0.2) is 12.3 Å². The van der Waals surface area contributed by atoms with Gasteiger partial charge in [-0.3, -0.25) is 0 Å². The molecule has 84 valence electrons. The van der Waals surface area contributed by atoms with Gasteiger partial charge in [-0.15, -0.1) is 11.3 Å². The summed E-state index contributed by atoms with van der Waals surface area (Å²) in [5.74, 6) is 0.546. The third-order valence-corrected chi connectivity index (χ3v) is 4.20. The second kappa shape index (κ2) is 4.28. The maximum atomic E-state index is 5.85. The molecule has 1 fully saturated rings. The molecule has 0 spiro atoms. The molecule has 3 rings (SSSR count). The summed E-state index contributed by atoms with van der Waals surface area (Å²) in [7, 11) is 0. The predicted molar refractivity (Wildman–Crippen MR) is 65.2 cm³/mol. The van der Waals surface area contributed by atoms with Crippen LogP contribution in [0.1, 0.15) is 23.8 Å². The minimum Gasteiger partial charge on any atom is -0.381 e. The molecule has 1 saturated heterocycles. The first-order valence-electron chi connectivity index (χ1n) is 5.32. The lowest BCUT2D eigenvalue weighted by Gasteiger charge is -2.19. The molecule has 0 radical (unpaired) electrons. The monoisotopic (exact) mass is 254 g/mol. The fraction of sp³-hybridized carbons (Fsp3) is 0.455. The Hall–Kier alpha value is -0.710. The van der Waals surface area contributed by atoms with E-state index in [1.807, 2.05) is 6.07 Å². The number of ether oxygens (including phenoxy) is 1. The van der Waals surface area contributed by atoms with Gasteiger partial charge in [0.2, 0.25) is 0 Å². The third kappa shape index (κ3) is 1.93. The highest BCUT2D eigenvalue weighted by Crippen LogP contribution is 2.33. The van der Waals surface area contributed by atoms with Crippen LogP contribution in [-0.2, 0) is 4.74 Å². The summed E-state index contributed by atoms with van der Waals surface area (Å²) in [5, 5.41) is 1.71. The van der Waals surface area contributed by atoms with Crippen molar-refractivity contribution in [3.63, 3.8) is 0 Å². The van der Waals surface area contributed by atoms with Crippen LogP contribution < -0.4 is 0 Å². The zero-order chi connectivity index (χ0) is 11.0. The maximum absolute atomic E-state index is 5.85. The van der Waals surface area contributed by atoms with Crippen LogP contribution in [0, 0.1) is 0 Å². The van der Waals surface area contributed by atoms with Crippen molar-refractivity contribution >= 4 is 33.2 Å². The van der Waals surface area contributed by atoms with Gasteiger partial charge in [0.25, 0.3) is 0 Å². The van der Waals surface area contributed by atoms with E-state index < -0.39 is 0 Å². The maximum Gasteiger partial charge on any atom is 0.131 e. The number of halogens is 1. The average molecular weight is 255 g/mol. The van der Waals surface area contributed by atoms with Crippen molar-refractivity contribution < 1.29 is 4.74 Å². The Balaban J connectivity index is 1.97. The Morgan fingerprint density at radius 1 is 1.38 bits per heavy atom. The lowest BCUT2D eigenvalue weighted by atomic mass is 10.0. The Morgan fingerprint density at radius 3 is 3.00 bits per heavy atom. The molecule has 0 bridgehead atoms. The molecule has 0 atom stereocenters. The van der Waals surface area contributed by atoms with Gasteiger partial charge >= 0.3 is 0 Å². The number of nitrogens with zero attached hydrogens (tertiary/aromatic N) is 2. The highest BCUT2D eigenvalue weighted by atomic mass is 35.5. The van der Waals surface area contributed by atoms with E-state index in [2.05, 4.69) is 9.97 Å². The van der Waals surface area contributed by atoms with Gasteiger partial charge in [0.1, 0.15) is 5.15 Å². The molecule has 3 heterocycles. The van der Waals surface area contributed by atoms with Gasteiger partial charge in [-0.25, -0.2) is 9.97 Å². The normalized spacial score (nSPS) is 18.1. The second-order valence-corrected chi connectivity index (χ2v) is 5.36. The minimum absolute atomic E-state index is 0.510. The van der Waals surface area contributed by atoms with E-state index in [1.54, 1.807) is 17.5 Å². The first-order valence-corrected chi connectivity index (χ1v) is 6.52. The molecule has 1 aliphatic rings. The fourth-order valence-corrected chi connectivity index (χ4v) is 3.19. The van der Waals surface area contributed by atoms with E-state index in [0.717, 1.165) is 36.3 Å². The van der Waals surface area contributed by atoms with Crippen LogP contribution >= 0.6 is 22.9 Å². The molecule has 0 N–H and O–H groups in total. The number of rotatable bonds is 1. The standard InChI is InChI=1S/C11H11ClN2OS/c12-10-5-8-9(6-13-10)16-11(14-8)7-1-3-15-4-2-7/h5-7H,1-4H2. The van der Waals surface area contributed by atoms with Crippen LogP contribution in [0.2, 0.25) is 5.15 Å². The molecular weight excluding hydrogens is 244 g/mol. The van der Waals surface area contributed by atoms with Gasteiger partial charge in [-0.1, -0.05) is 11.6 Å². The molecule has 5 heteroatoms. The molecule has 0 aliphatic carbocycles. The van der Waals surface area contributed by atoms with Crippen molar-refractivity contribution in [2.45, 2.75) is 18.8 Å². The molecular formula is C11H11ClN2OS. The van der Waals surface area contributed by atoms with E-state index in [1.165, 1.54) is 5.01 Å². The molecule has 0 unspecified atom stereocenters. The Kier molecular flexibility index (Phi) is 2.79. The van der Waals surface area contributed by atoms with Crippen molar-refractivity contribution in [3.8, 4) is 0 Å².